The fraction of sp³-hybridized carbons (Fsp3) is 0.667. The topological polar surface area (TPSA) is 144 Å². The van der Waals surface area contributed by atoms with E-state index in [0.29, 0.717) is 47.0 Å². The summed E-state index contributed by atoms with van der Waals surface area (Å²) < 4.78 is 18.2. The van der Waals surface area contributed by atoms with Crippen LogP contribution in [-0.2, 0) is 20.7 Å². The number of hydrogen-bond acceptors (Lipinski definition) is 9. The molecule has 1 aromatic heterocycles. The number of aromatic nitrogens is 2. The van der Waals surface area contributed by atoms with Gasteiger partial charge in [0.2, 0.25) is 11.8 Å². The Balaban J connectivity index is 1.40. The highest BCUT2D eigenvalue weighted by molar-refractivity contribution is 5.92. The summed E-state index contributed by atoms with van der Waals surface area (Å²) in [5.74, 6) is 0.965. The molecule has 2 saturated carbocycles. The lowest BCUT2D eigenvalue weighted by Gasteiger charge is -2.36. The van der Waals surface area contributed by atoms with E-state index in [0.717, 1.165) is 44.0 Å². The predicted molar refractivity (Wildman–Crippen MR) is 174 cm³/mol. The number of methoxy groups -OCH3 is 1. The molecule has 3 fully saturated rings. The Bertz CT molecular complexity index is 1570. The first-order chi connectivity index (χ1) is 22.5. The fourth-order valence-electron chi connectivity index (χ4n) is 8.56. The minimum absolute atomic E-state index is 0.00410. The lowest BCUT2D eigenvalue weighted by molar-refractivity contribution is -0.141. The maximum absolute atomic E-state index is 14.4. The molecule has 2 aliphatic heterocycles. The summed E-state index contributed by atoms with van der Waals surface area (Å²) in [5, 5.41) is 12.8. The summed E-state index contributed by atoms with van der Waals surface area (Å²) in [6.07, 6.45) is 6.37. The number of carbonyl (C=O) groups excluding carboxylic acids is 3. The number of ketones is 1. The van der Waals surface area contributed by atoms with E-state index < -0.39 is 41.5 Å². The van der Waals surface area contributed by atoms with E-state index in [9.17, 15) is 19.6 Å². The van der Waals surface area contributed by atoms with E-state index in [1.807, 2.05) is 32.9 Å². The first-order valence-corrected chi connectivity index (χ1v) is 17.1. The third-order valence-corrected chi connectivity index (χ3v) is 10.9. The third-order valence-electron chi connectivity index (χ3n) is 10.9. The highest BCUT2D eigenvalue weighted by Crippen LogP contribution is 2.51. The van der Waals surface area contributed by atoms with Crippen LogP contribution in [0.2, 0.25) is 0 Å². The minimum atomic E-state index is -0.960. The van der Waals surface area contributed by atoms with Crippen molar-refractivity contribution in [2.24, 2.45) is 29.1 Å². The van der Waals surface area contributed by atoms with E-state index >= 15 is 0 Å². The smallest absolute Gasteiger partial charge is 0.408 e. The van der Waals surface area contributed by atoms with Gasteiger partial charge in [0.15, 0.2) is 5.78 Å². The van der Waals surface area contributed by atoms with Gasteiger partial charge in [0.1, 0.15) is 29.7 Å². The average Bonchev–Trinajstić information content (AvgIpc) is 3.73. The van der Waals surface area contributed by atoms with E-state index in [2.05, 4.69) is 11.4 Å². The molecule has 4 aliphatic rings. The van der Waals surface area contributed by atoms with Crippen LogP contribution in [0.25, 0.3) is 11.0 Å². The number of aryl methyl sites for hydroxylation is 1. The van der Waals surface area contributed by atoms with Crippen LogP contribution < -0.4 is 14.8 Å². The van der Waals surface area contributed by atoms with Crippen LogP contribution in [0.15, 0.2) is 18.2 Å². The number of fused-ring (bicyclic) bond motifs is 9. The van der Waals surface area contributed by atoms with Crippen molar-refractivity contribution in [3.05, 3.63) is 23.9 Å². The summed E-state index contributed by atoms with van der Waals surface area (Å²) in [7, 11) is 1.59. The molecule has 2 amide bonds. The van der Waals surface area contributed by atoms with Gasteiger partial charge in [0, 0.05) is 18.4 Å². The number of benzene rings is 1. The van der Waals surface area contributed by atoms with Crippen LogP contribution >= 0.6 is 0 Å². The molecule has 0 unspecified atom stereocenters. The van der Waals surface area contributed by atoms with Crippen molar-refractivity contribution in [2.45, 2.75) is 110 Å². The number of hydrogen-bond donors (Lipinski definition) is 1. The number of nitrogens with one attached hydrogen (secondary N) is 1. The van der Waals surface area contributed by atoms with E-state index in [-0.39, 0.29) is 24.9 Å². The van der Waals surface area contributed by atoms with E-state index in [1.165, 1.54) is 18.2 Å². The average molecular weight is 646 g/mol. The fourth-order valence-corrected chi connectivity index (χ4v) is 8.56. The van der Waals surface area contributed by atoms with Crippen LogP contribution in [0.1, 0.15) is 84.8 Å². The van der Waals surface area contributed by atoms with Crippen molar-refractivity contribution in [2.75, 3.05) is 13.7 Å². The number of alkyl carbamates (subject to hydrolysis) is 1. The minimum Gasteiger partial charge on any atom is -0.497 e. The van der Waals surface area contributed by atoms with Gasteiger partial charge >= 0.3 is 6.09 Å². The number of carbonyl (C=O) groups is 3. The van der Waals surface area contributed by atoms with Crippen molar-refractivity contribution in [1.29, 1.82) is 5.26 Å². The Morgan fingerprint density at radius 1 is 1.09 bits per heavy atom. The molecular weight excluding hydrogens is 598 g/mol. The summed E-state index contributed by atoms with van der Waals surface area (Å²) in [5.41, 5.74) is 1.35. The van der Waals surface area contributed by atoms with Gasteiger partial charge in [-0.15, -0.1) is 0 Å². The standard InChI is InChI=1S/C36H47N5O6/c1-20(42)30-25(15-16-37)29-19-41(30)34(43)32(36(2,3)4)40-35(44)47-31-22-12-11-21(17-22)24(31)9-7-6-8-10-27-33(46-29)39-28-18-23(45-5)13-14-26(28)38-27/h13-14,18,21-22,24-25,29-32H,6-12,15,17,19H2,1-5H3,(H,40,44)/t21-,22+,24-,25-,29+,30-,31-,32-/m1/s1. The number of nitriles is 1. The molecule has 11 nitrogen and oxygen atoms in total. The van der Waals surface area contributed by atoms with Gasteiger partial charge in [-0.05, 0) is 80.8 Å². The molecule has 11 heteroatoms. The largest absolute Gasteiger partial charge is 0.497 e. The monoisotopic (exact) mass is 645 g/mol. The van der Waals surface area contributed by atoms with Crippen molar-refractivity contribution in [3.8, 4) is 17.7 Å². The molecule has 1 aromatic carbocycles. The first kappa shape index (κ1) is 33.0. The number of Topliss-reactive ketones (excluding diaryl/α,β-unsaturated/α-hetero) is 1. The van der Waals surface area contributed by atoms with Crippen LogP contribution in [0.3, 0.4) is 0 Å². The van der Waals surface area contributed by atoms with Crippen LogP contribution in [0.4, 0.5) is 4.79 Å². The second kappa shape index (κ2) is 13.3. The van der Waals surface area contributed by atoms with Crippen molar-refractivity contribution >= 4 is 28.8 Å². The summed E-state index contributed by atoms with van der Waals surface area (Å²) >= 11 is 0. The number of amides is 2. The highest BCUT2D eigenvalue weighted by Gasteiger charge is 2.52. The van der Waals surface area contributed by atoms with Gasteiger partial charge in [-0.3, -0.25) is 9.59 Å². The predicted octanol–water partition coefficient (Wildman–Crippen LogP) is 5.39. The molecular formula is C36H47N5O6. The van der Waals surface area contributed by atoms with Crippen LogP contribution in [-0.4, -0.2) is 70.6 Å². The molecule has 2 aromatic rings. The molecule has 3 heterocycles. The Kier molecular flexibility index (Phi) is 9.32. The van der Waals surface area contributed by atoms with Crippen molar-refractivity contribution in [1.82, 2.24) is 20.2 Å². The zero-order valence-corrected chi connectivity index (χ0v) is 28.2. The molecule has 1 saturated heterocycles. The van der Waals surface area contributed by atoms with Crippen LogP contribution in [0, 0.1) is 40.4 Å². The molecule has 6 rings (SSSR count). The Morgan fingerprint density at radius 2 is 1.87 bits per heavy atom. The molecule has 47 heavy (non-hydrogen) atoms. The van der Waals surface area contributed by atoms with Gasteiger partial charge < -0.3 is 24.4 Å². The maximum atomic E-state index is 14.4. The van der Waals surface area contributed by atoms with Gasteiger partial charge in [0.05, 0.1) is 36.8 Å². The zero-order valence-electron chi connectivity index (χ0n) is 28.2. The lowest BCUT2D eigenvalue weighted by atomic mass is 9.82. The van der Waals surface area contributed by atoms with Gasteiger partial charge in [-0.25, -0.2) is 14.8 Å². The van der Waals surface area contributed by atoms with Crippen molar-refractivity contribution < 1.29 is 28.6 Å². The van der Waals surface area contributed by atoms with E-state index in [1.54, 1.807) is 13.2 Å². The second-order valence-corrected chi connectivity index (χ2v) is 15.0. The lowest BCUT2D eigenvalue weighted by Crippen LogP contribution is -2.57. The normalized spacial score (nSPS) is 31.4. The van der Waals surface area contributed by atoms with E-state index in [4.69, 9.17) is 24.2 Å². The maximum Gasteiger partial charge on any atom is 0.408 e. The SMILES string of the molecule is COc1ccc2nc3c(nc2c1)O[C@H]1CN(C(=O)[C@H](C(C)(C)C)NC(=O)O[C@@H]2[C@H]4CC[C@H](C4)[C@H]2CCCCC3)[C@H](C(C)=O)[C@@H]1CC#N. The molecule has 1 N–H and O–H groups in total. The van der Waals surface area contributed by atoms with Gasteiger partial charge in [-0.2, -0.15) is 5.26 Å². The van der Waals surface area contributed by atoms with Crippen LogP contribution in [0.5, 0.6) is 11.6 Å². The molecule has 0 spiro atoms. The third kappa shape index (κ3) is 6.61. The molecule has 2 aliphatic carbocycles. The molecule has 252 valence electrons. The number of ether oxygens (including phenoxy) is 3. The Hall–Kier alpha value is -3.94. The summed E-state index contributed by atoms with van der Waals surface area (Å²) in [6.45, 7) is 7.14. The quantitative estimate of drug-likeness (QED) is 0.465. The number of rotatable bonds is 3. The van der Waals surface area contributed by atoms with Gasteiger partial charge in [0.25, 0.3) is 0 Å². The number of nitrogens with zero attached hydrogens (tertiary/aromatic N) is 4. The summed E-state index contributed by atoms with van der Waals surface area (Å²) in [6, 6.07) is 5.88. The summed E-state index contributed by atoms with van der Waals surface area (Å²) in [4.78, 5) is 52.5. The molecule has 8 atom stereocenters. The highest BCUT2D eigenvalue weighted by atomic mass is 16.6. The molecule has 4 bridgehead atoms. The zero-order chi connectivity index (χ0) is 33.5. The van der Waals surface area contributed by atoms with Gasteiger partial charge in [-0.1, -0.05) is 33.6 Å². The first-order valence-electron chi connectivity index (χ1n) is 17.1. The Labute approximate surface area is 276 Å². The second-order valence-electron chi connectivity index (χ2n) is 15.0. The Morgan fingerprint density at radius 3 is 2.60 bits per heavy atom. The molecule has 0 radical (unpaired) electrons. The van der Waals surface area contributed by atoms with Crippen molar-refractivity contribution in [3.63, 3.8) is 0 Å².